The van der Waals surface area contributed by atoms with Gasteiger partial charge in [0, 0.05) is 0 Å². The van der Waals surface area contributed by atoms with Crippen molar-refractivity contribution in [2.75, 3.05) is 0 Å². The van der Waals surface area contributed by atoms with E-state index in [0.29, 0.717) is 0 Å². The minimum Gasteiger partial charge on any atom is -0.872 e. The number of rotatable bonds is 1. The average Bonchev–Trinajstić information content (AvgIpc) is 3.14. The van der Waals surface area contributed by atoms with E-state index in [2.05, 4.69) is 0 Å². The van der Waals surface area contributed by atoms with Crippen molar-refractivity contribution in [3.05, 3.63) is 96.1 Å². The van der Waals surface area contributed by atoms with Crippen molar-refractivity contribution in [1.29, 1.82) is 0 Å². The van der Waals surface area contributed by atoms with Crippen molar-refractivity contribution in [2.45, 2.75) is 0 Å². The summed E-state index contributed by atoms with van der Waals surface area (Å²) in [4.78, 5) is 0. The van der Waals surface area contributed by atoms with Gasteiger partial charge in [-0.1, -0.05) is 60.4 Å². The van der Waals surface area contributed by atoms with Crippen molar-refractivity contribution in [3.8, 4) is 0 Å². The molecule has 0 radical (unpaired) electrons. The quantitative estimate of drug-likeness (QED) is 0.446. The van der Waals surface area contributed by atoms with Gasteiger partial charge in [-0.2, -0.15) is 18.2 Å². The third-order valence-electron chi connectivity index (χ3n) is 2.52. The van der Waals surface area contributed by atoms with Crippen LogP contribution in [0.2, 0.25) is 0 Å². The maximum absolute atomic E-state index is 11.7. The van der Waals surface area contributed by atoms with Crippen LogP contribution in [0.3, 0.4) is 0 Å². The molecule has 0 bridgehead atoms. The van der Waals surface area contributed by atoms with Crippen LogP contribution in [0.1, 0.15) is 5.56 Å². The number of hydrogen-bond acceptors (Lipinski definition) is 1. The van der Waals surface area contributed by atoms with E-state index in [9.17, 15) is 5.11 Å². The van der Waals surface area contributed by atoms with Crippen LogP contribution in [-0.4, -0.2) is 0 Å². The molecule has 0 aliphatic heterocycles. The first-order chi connectivity index (χ1) is 8.88. The zero-order valence-corrected chi connectivity index (χ0v) is 12.1. The molecule has 2 aromatic rings. The molecule has 19 heavy (non-hydrogen) atoms. The summed E-state index contributed by atoms with van der Waals surface area (Å²) in [7, 11) is 0. The van der Waals surface area contributed by atoms with Crippen LogP contribution in [0.4, 0.5) is 0 Å². The molecule has 0 spiro atoms. The van der Waals surface area contributed by atoms with E-state index in [1.54, 1.807) is 0 Å². The molecule has 0 heterocycles. The standard InChI is InChI=1S/C12H10O.C5H5.Ru/c13-12(11-8-4-5-9-11)10-6-2-1-3-7-10;1-2-4-5-3-1;/h1-9,13H;1-5H;/q;-1;+2/p-1. The first-order valence-electron chi connectivity index (χ1n) is 5.86. The van der Waals surface area contributed by atoms with Crippen molar-refractivity contribution >= 4 is 5.76 Å². The van der Waals surface area contributed by atoms with Gasteiger partial charge in [0.1, 0.15) is 0 Å². The smallest absolute Gasteiger partial charge is 0.872 e. The minimum absolute atomic E-state index is 0. The first kappa shape index (κ1) is 15.3. The molecule has 1 aliphatic rings. The molecule has 0 N–H and O–H groups in total. The Morgan fingerprint density at radius 1 is 0.842 bits per heavy atom. The summed E-state index contributed by atoms with van der Waals surface area (Å²) in [6.07, 6.45) is 7.40. The van der Waals surface area contributed by atoms with E-state index in [-0.39, 0.29) is 25.2 Å². The summed E-state index contributed by atoms with van der Waals surface area (Å²) >= 11 is 0. The molecular formula is C17H14ORu. The molecule has 2 heteroatoms. The van der Waals surface area contributed by atoms with Crippen LogP contribution in [0, 0.1) is 0 Å². The van der Waals surface area contributed by atoms with E-state index in [4.69, 9.17) is 0 Å². The summed E-state index contributed by atoms with van der Waals surface area (Å²) in [5, 5.41) is 11.7. The van der Waals surface area contributed by atoms with Gasteiger partial charge in [-0.15, -0.1) is 0 Å². The average molecular weight is 335 g/mol. The molecule has 96 valence electrons. The second kappa shape index (κ2) is 8.34. The molecule has 0 amide bonds. The maximum atomic E-state index is 11.7. The monoisotopic (exact) mass is 336 g/mol. The van der Waals surface area contributed by atoms with E-state index >= 15 is 0 Å². The van der Waals surface area contributed by atoms with Gasteiger partial charge in [-0.3, -0.25) is 0 Å². The van der Waals surface area contributed by atoms with Gasteiger partial charge >= 0.3 is 19.5 Å². The second-order valence-electron chi connectivity index (χ2n) is 3.83. The number of allylic oxidation sites excluding steroid dienone is 5. The number of benzene rings is 1. The van der Waals surface area contributed by atoms with Gasteiger partial charge < -0.3 is 5.11 Å². The fourth-order valence-corrected chi connectivity index (χ4v) is 1.60. The third-order valence-corrected chi connectivity index (χ3v) is 2.52. The predicted octanol–water partition coefficient (Wildman–Crippen LogP) is 3.29. The second-order valence-corrected chi connectivity index (χ2v) is 3.83. The molecule has 0 atom stereocenters. The Hall–Kier alpha value is -1.79. The molecule has 0 fully saturated rings. The Balaban J connectivity index is 0.000000256. The Morgan fingerprint density at radius 2 is 1.42 bits per heavy atom. The molecule has 1 nitrogen and oxygen atoms in total. The first-order valence-corrected chi connectivity index (χ1v) is 5.86. The van der Waals surface area contributed by atoms with Gasteiger partial charge in [0.05, 0.1) is 0 Å². The Kier molecular flexibility index (Phi) is 6.70. The van der Waals surface area contributed by atoms with Crippen LogP contribution >= 0.6 is 0 Å². The van der Waals surface area contributed by atoms with E-state index in [1.165, 1.54) is 0 Å². The van der Waals surface area contributed by atoms with E-state index in [0.717, 1.165) is 11.1 Å². The zero-order valence-electron chi connectivity index (χ0n) is 10.3. The molecule has 2 aromatic carbocycles. The fraction of sp³-hybridized carbons (Fsp3) is 0. The molecular weight excluding hydrogens is 321 g/mol. The number of hydrogen-bond donors (Lipinski definition) is 0. The molecule has 0 saturated carbocycles. The van der Waals surface area contributed by atoms with Gasteiger partial charge in [0.25, 0.3) is 0 Å². The van der Waals surface area contributed by atoms with Crippen molar-refractivity contribution in [3.63, 3.8) is 0 Å². The van der Waals surface area contributed by atoms with Crippen LogP contribution in [0.5, 0.6) is 0 Å². The van der Waals surface area contributed by atoms with E-state index < -0.39 is 0 Å². The van der Waals surface area contributed by atoms with Gasteiger partial charge in [0.15, 0.2) is 0 Å². The Bertz CT molecular complexity index is 517. The topological polar surface area (TPSA) is 23.1 Å². The molecule has 0 aromatic heterocycles. The summed E-state index contributed by atoms with van der Waals surface area (Å²) in [6, 6.07) is 19.3. The molecule has 3 rings (SSSR count). The minimum atomic E-state index is 0. The van der Waals surface area contributed by atoms with Gasteiger partial charge in [-0.25, -0.2) is 12.1 Å². The summed E-state index contributed by atoms with van der Waals surface area (Å²) in [5.41, 5.74) is 1.50. The third kappa shape index (κ3) is 4.77. The SMILES string of the molecule is [O-]C(=C1C=CC=C1)c1ccccc1.[Ru+2].c1cc[cH-]c1. The fourth-order valence-electron chi connectivity index (χ4n) is 1.60. The van der Waals surface area contributed by atoms with Crippen LogP contribution in [0.15, 0.2) is 90.5 Å². The Labute approximate surface area is 126 Å². The van der Waals surface area contributed by atoms with Crippen molar-refractivity contribution < 1.29 is 24.6 Å². The summed E-state index contributed by atoms with van der Waals surface area (Å²) < 4.78 is 0. The van der Waals surface area contributed by atoms with E-state index in [1.807, 2.05) is 85.0 Å². The van der Waals surface area contributed by atoms with Crippen LogP contribution in [0.25, 0.3) is 5.76 Å². The van der Waals surface area contributed by atoms with Gasteiger partial charge in [0.2, 0.25) is 0 Å². The zero-order chi connectivity index (χ0) is 12.6. The van der Waals surface area contributed by atoms with Crippen LogP contribution < -0.4 is 5.11 Å². The normalized spacial score (nSPS) is 11.5. The summed E-state index contributed by atoms with van der Waals surface area (Å²) in [5.74, 6) is 0.0885. The van der Waals surface area contributed by atoms with Crippen molar-refractivity contribution in [1.82, 2.24) is 0 Å². The molecule has 0 saturated heterocycles. The predicted molar refractivity (Wildman–Crippen MR) is 73.7 cm³/mol. The van der Waals surface area contributed by atoms with Gasteiger partial charge in [-0.05, 0) is 11.1 Å². The molecule has 1 aliphatic carbocycles. The maximum Gasteiger partial charge on any atom is 2.00 e. The van der Waals surface area contributed by atoms with Crippen molar-refractivity contribution in [2.24, 2.45) is 0 Å². The van der Waals surface area contributed by atoms with Crippen LogP contribution in [-0.2, 0) is 19.5 Å². The Morgan fingerprint density at radius 3 is 1.89 bits per heavy atom. The summed E-state index contributed by atoms with van der Waals surface area (Å²) in [6.45, 7) is 0. The molecule has 0 unspecified atom stereocenters. The largest absolute Gasteiger partial charge is 2.00 e.